The molecule has 2 amide bonds. The number of nitrogens with one attached hydrogen (secondary N) is 1. The molecule has 1 N–H and O–H groups in total. The van der Waals surface area contributed by atoms with Gasteiger partial charge in [-0.1, -0.05) is 41.4 Å². The van der Waals surface area contributed by atoms with Gasteiger partial charge >= 0.3 is 0 Å². The highest BCUT2D eigenvalue weighted by atomic mass is 35.5. The van der Waals surface area contributed by atoms with E-state index in [9.17, 15) is 9.59 Å². The fourth-order valence-electron chi connectivity index (χ4n) is 3.33. The minimum Gasteiger partial charge on any atom is -0.492 e. The number of benzene rings is 3. The maximum atomic E-state index is 12.8. The highest BCUT2D eigenvalue weighted by Gasteiger charge is 2.31. The van der Waals surface area contributed by atoms with Crippen LogP contribution in [0, 0.1) is 0 Å². The topological polar surface area (TPSA) is 67.9 Å². The second-order valence-corrected chi connectivity index (χ2v) is 7.99. The third kappa shape index (κ3) is 4.82. The molecular formula is C24H20Cl2N2O4. The van der Waals surface area contributed by atoms with Crippen LogP contribution in [0.4, 0.5) is 11.4 Å². The first-order chi connectivity index (χ1) is 15.4. The summed E-state index contributed by atoms with van der Waals surface area (Å²) >= 11 is 11.9. The summed E-state index contributed by atoms with van der Waals surface area (Å²) in [6.45, 7) is 2.34. The Morgan fingerprint density at radius 2 is 1.84 bits per heavy atom. The zero-order valence-corrected chi connectivity index (χ0v) is 18.7. The fraction of sp³-hybridized carbons (Fsp3) is 0.167. The van der Waals surface area contributed by atoms with Gasteiger partial charge in [-0.15, -0.1) is 0 Å². The Balaban J connectivity index is 1.52. The normalized spacial score (nSPS) is 15.0. The van der Waals surface area contributed by atoms with Crippen molar-refractivity contribution in [3.8, 4) is 11.5 Å². The van der Waals surface area contributed by atoms with E-state index in [-0.39, 0.29) is 11.8 Å². The Kier molecular flexibility index (Phi) is 6.53. The van der Waals surface area contributed by atoms with Gasteiger partial charge in [-0.25, -0.2) is 0 Å². The number of carbonyl (C=O) groups excluding carboxylic acids is 2. The molecule has 3 aromatic rings. The van der Waals surface area contributed by atoms with Crippen molar-refractivity contribution < 1.29 is 19.1 Å². The van der Waals surface area contributed by atoms with Crippen LogP contribution < -0.4 is 19.7 Å². The second-order valence-electron chi connectivity index (χ2n) is 7.18. The zero-order chi connectivity index (χ0) is 22.7. The molecule has 1 aliphatic rings. The lowest BCUT2D eigenvalue weighted by atomic mass is 10.1. The maximum absolute atomic E-state index is 12.8. The summed E-state index contributed by atoms with van der Waals surface area (Å²) in [5.74, 6) is 0.759. The molecule has 0 spiro atoms. The number of fused-ring (bicyclic) bond motifs is 1. The molecule has 0 aliphatic carbocycles. The summed E-state index contributed by atoms with van der Waals surface area (Å²) in [7, 11) is 0. The number of carbonyl (C=O) groups is 2. The molecule has 3 aromatic carbocycles. The van der Waals surface area contributed by atoms with Crippen LogP contribution >= 0.6 is 23.2 Å². The van der Waals surface area contributed by atoms with Gasteiger partial charge in [0, 0.05) is 11.3 Å². The smallest absolute Gasteiger partial charge is 0.267 e. The van der Waals surface area contributed by atoms with Crippen molar-refractivity contribution in [2.24, 2.45) is 0 Å². The first kappa shape index (κ1) is 22.0. The Hall–Kier alpha value is -3.22. The number of halogens is 2. The standard InChI is InChI=1S/C24H20Cl2N2O4/c1-15-24(30)28(11-12-31-18-5-3-2-4-6-18)21-14-17(8-10-22(21)32-15)27-23(29)16-7-9-19(25)20(26)13-16/h2-10,13-15H,11-12H2,1H3,(H,27,29). The predicted octanol–water partition coefficient (Wildman–Crippen LogP) is 5.44. The van der Waals surface area contributed by atoms with E-state index >= 15 is 0 Å². The molecule has 8 heteroatoms. The molecule has 4 rings (SSSR count). The highest BCUT2D eigenvalue weighted by molar-refractivity contribution is 6.42. The van der Waals surface area contributed by atoms with Gasteiger partial charge in [-0.2, -0.15) is 0 Å². The molecule has 0 radical (unpaired) electrons. The molecule has 0 aromatic heterocycles. The van der Waals surface area contributed by atoms with Gasteiger partial charge in [0.15, 0.2) is 6.10 Å². The van der Waals surface area contributed by atoms with Gasteiger partial charge in [-0.3, -0.25) is 9.59 Å². The summed E-state index contributed by atoms with van der Waals surface area (Å²) in [5, 5.41) is 3.48. The third-order valence-corrected chi connectivity index (χ3v) is 5.67. The molecule has 32 heavy (non-hydrogen) atoms. The molecule has 0 saturated carbocycles. The summed E-state index contributed by atoms with van der Waals surface area (Å²) in [6.07, 6.45) is -0.615. The lowest BCUT2D eigenvalue weighted by Crippen LogP contribution is -2.46. The monoisotopic (exact) mass is 470 g/mol. The number of anilines is 2. The summed E-state index contributed by atoms with van der Waals surface area (Å²) < 4.78 is 11.5. The van der Waals surface area contributed by atoms with Crippen LogP contribution in [0.25, 0.3) is 0 Å². The van der Waals surface area contributed by atoms with Crippen molar-refractivity contribution in [1.29, 1.82) is 0 Å². The van der Waals surface area contributed by atoms with E-state index in [1.165, 1.54) is 6.07 Å². The van der Waals surface area contributed by atoms with E-state index in [1.807, 2.05) is 30.3 Å². The van der Waals surface area contributed by atoms with Crippen LogP contribution in [0.1, 0.15) is 17.3 Å². The predicted molar refractivity (Wildman–Crippen MR) is 125 cm³/mol. The number of rotatable bonds is 6. The SMILES string of the molecule is CC1Oc2ccc(NC(=O)c3ccc(Cl)c(Cl)c3)cc2N(CCOc2ccccc2)C1=O. The molecule has 0 saturated heterocycles. The fourth-order valence-corrected chi connectivity index (χ4v) is 3.63. The van der Waals surface area contributed by atoms with E-state index in [4.69, 9.17) is 32.7 Å². The van der Waals surface area contributed by atoms with E-state index < -0.39 is 6.10 Å². The number of para-hydroxylation sites is 1. The van der Waals surface area contributed by atoms with Crippen molar-refractivity contribution >= 4 is 46.4 Å². The average Bonchev–Trinajstić information content (AvgIpc) is 2.79. The van der Waals surface area contributed by atoms with Crippen LogP contribution in [-0.4, -0.2) is 31.1 Å². The molecule has 1 unspecified atom stereocenters. The van der Waals surface area contributed by atoms with Gasteiger partial charge in [-0.05, 0) is 55.5 Å². The quantitative estimate of drug-likeness (QED) is 0.520. The van der Waals surface area contributed by atoms with Crippen molar-refractivity contribution in [3.63, 3.8) is 0 Å². The number of hydrogen-bond donors (Lipinski definition) is 1. The third-order valence-electron chi connectivity index (χ3n) is 4.93. The molecular weight excluding hydrogens is 451 g/mol. The molecule has 1 aliphatic heterocycles. The number of ether oxygens (including phenoxy) is 2. The van der Waals surface area contributed by atoms with Crippen LogP contribution in [0.2, 0.25) is 10.0 Å². The molecule has 164 valence electrons. The van der Waals surface area contributed by atoms with Crippen molar-refractivity contribution in [1.82, 2.24) is 0 Å². The Morgan fingerprint density at radius 1 is 1.06 bits per heavy atom. The van der Waals surface area contributed by atoms with Gasteiger partial charge in [0.05, 0.1) is 22.3 Å². The number of nitrogens with zero attached hydrogens (tertiary/aromatic N) is 1. The largest absolute Gasteiger partial charge is 0.492 e. The van der Waals surface area contributed by atoms with E-state index in [0.717, 1.165) is 5.75 Å². The van der Waals surface area contributed by atoms with E-state index in [0.29, 0.717) is 45.9 Å². The van der Waals surface area contributed by atoms with Gasteiger partial charge in [0.25, 0.3) is 11.8 Å². The summed E-state index contributed by atoms with van der Waals surface area (Å²) in [5.41, 5.74) is 1.45. The van der Waals surface area contributed by atoms with Gasteiger partial charge in [0.2, 0.25) is 0 Å². The maximum Gasteiger partial charge on any atom is 0.267 e. The van der Waals surface area contributed by atoms with Crippen LogP contribution in [0.3, 0.4) is 0 Å². The van der Waals surface area contributed by atoms with Crippen LogP contribution in [0.15, 0.2) is 66.7 Å². The first-order valence-electron chi connectivity index (χ1n) is 9.99. The molecule has 1 heterocycles. The molecule has 0 bridgehead atoms. The minimum atomic E-state index is -0.615. The summed E-state index contributed by atoms with van der Waals surface area (Å²) in [6, 6.07) is 19.2. The molecule has 1 atom stereocenters. The van der Waals surface area contributed by atoms with E-state index in [1.54, 1.807) is 42.2 Å². The van der Waals surface area contributed by atoms with E-state index in [2.05, 4.69) is 5.32 Å². The van der Waals surface area contributed by atoms with Crippen molar-refractivity contribution in [2.45, 2.75) is 13.0 Å². The lowest BCUT2D eigenvalue weighted by molar-refractivity contribution is -0.125. The van der Waals surface area contributed by atoms with Crippen LogP contribution in [0.5, 0.6) is 11.5 Å². The molecule has 6 nitrogen and oxygen atoms in total. The van der Waals surface area contributed by atoms with Gasteiger partial charge in [0.1, 0.15) is 18.1 Å². The Bertz CT molecular complexity index is 1150. The zero-order valence-electron chi connectivity index (χ0n) is 17.2. The van der Waals surface area contributed by atoms with Crippen molar-refractivity contribution in [3.05, 3.63) is 82.3 Å². The molecule has 0 fully saturated rings. The number of hydrogen-bond acceptors (Lipinski definition) is 4. The van der Waals surface area contributed by atoms with Crippen LogP contribution in [-0.2, 0) is 4.79 Å². The summed E-state index contributed by atoms with van der Waals surface area (Å²) in [4.78, 5) is 27.0. The van der Waals surface area contributed by atoms with Gasteiger partial charge < -0.3 is 19.7 Å². The second kappa shape index (κ2) is 9.51. The lowest BCUT2D eigenvalue weighted by Gasteiger charge is -2.33. The first-order valence-corrected chi connectivity index (χ1v) is 10.7. The highest BCUT2D eigenvalue weighted by Crippen LogP contribution is 2.36. The number of amides is 2. The Labute approximate surface area is 195 Å². The minimum absolute atomic E-state index is 0.179. The Morgan fingerprint density at radius 3 is 2.59 bits per heavy atom. The average molecular weight is 471 g/mol. The van der Waals surface area contributed by atoms with Crippen molar-refractivity contribution in [2.75, 3.05) is 23.4 Å².